The summed E-state index contributed by atoms with van der Waals surface area (Å²) in [6.07, 6.45) is 0. The molecule has 0 aliphatic carbocycles. The molecule has 0 atom stereocenters. The molecule has 0 radical (unpaired) electrons. The highest BCUT2D eigenvalue weighted by Gasteiger charge is 1.98. The van der Waals surface area contributed by atoms with Crippen LogP contribution < -0.4 is 11.0 Å². The van der Waals surface area contributed by atoms with Crippen LogP contribution in [0.4, 0.5) is 11.4 Å². The van der Waals surface area contributed by atoms with Gasteiger partial charge < -0.3 is 9.68 Å². The SMILES string of the molecule is Cc1cc(NOC=O)cc(NOC=O)c1. The molecule has 6 nitrogen and oxygen atoms in total. The molecule has 2 N–H and O–H groups in total. The number of hydrogen-bond acceptors (Lipinski definition) is 6. The Hall–Kier alpha value is -2.24. The second kappa shape index (κ2) is 5.48. The second-order valence-corrected chi connectivity index (χ2v) is 2.72. The van der Waals surface area contributed by atoms with E-state index >= 15 is 0 Å². The first-order valence-corrected chi connectivity index (χ1v) is 4.08. The van der Waals surface area contributed by atoms with Gasteiger partial charge in [0.05, 0.1) is 11.4 Å². The highest BCUT2D eigenvalue weighted by atomic mass is 16.7. The number of benzene rings is 1. The van der Waals surface area contributed by atoms with E-state index in [9.17, 15) is 9.59 Å². The van der Waals surface area contributed by atoms with E-state index in [2.05, 4.69) is 20.6 Å². The van der Waals surface area contributed by atoms with Crippen molar-refractivity contribution in [1.29, 1.82) is 0 Å². The molecule has 0 spiro atoms. The average Bonchev–Trinajstić information content (AvgIpc) is 2.23. The van der Waals surface area contributed by atoms with Crippen LogP contribution in [-0.2, 0) is 19.3 Å². The van der Waals surface area contributed by atoms with Gasteiger partial charge >= 0.3 is 12.9 Å². The van der Waals surface area contributed by atoms with E-state index in [1.54, 1.807) is 18.2 Å². The fourth-order valence-corrected chi connectivity index (χ4v) is 1.09. The summed E-state index contributed by atoms with van der Waals surface area (Å²) in [5, 5.41) is 0. The topological polar surface area (TPSA) is 76.7 Å². The van der Waals surface area contributed by atoms with E-state index in [1.807, 2.05) is 6.92 Å². The summed E-state index contributed by atoms with van der Waals surface area (Å²) in [5.41, 5.74) is 6.85. The molecule has 0 aliphatic rings. The third-order valence-corrected chi connectivity index (χ3v) is 1.53. The number of carbonyl (C=O) groups is 2. The molecule has 0 unspecified atom stereocenters. The monoisotopic (exact) mass is 210 g/mol. The Morgan fingerprint density at radius 2 is 1.47 bits per heavy atom. The van der Waals surface area contributed by atoms with Gasteiger partial charge in [-0.2, -0.15) is 0 Å². The van der Waals surface area contributed by atoms with Crippen molar-refractivity contribution in [2.45, 2.75) is 6.92 Å². The van der Waals surface area contributed by atoms with Crippen molar-refractivity contribution >= 4 is 24.3 Å². The lowest BCUT2D eigenvalue weighted by atomic mass is 10.2. The van der Waals surface area contributed by atoms with Crippen LogP contribution in [0.2, 0.25) is 0 Å². The quantitative estimate of drug-likeness (QED) is 0.538. The Morgan fingerprint density at radius 1 is 1.00 bits per heavy atom. The van der Waals surface area contributed by atoms with Crippen LogP contribution in [0.15, 0.2) is 18.2 Å². The summed E-state index contributed by atoms with van der Waals surface area (Å²) in [5.74, 6) is 0. The van der Waals surface area contributed by atoms with Gasteiger partial charge in [-0.1, -0.05) is 0 Å². The summed E-state index contributed by atoms with van der Waals surface area (Å²) >= 11 is 0. The minimum absolute atomic E-state index is 0.275. The Labute approximate surface area is 86.1 Å². The molecule has 15 heavy (non-hydrogen) atoms. The van der Waals surface area contributed by atoms with Crippen LogP contribution in [0.1, 0.15) is 5.56 Å². The van der Waals surface area contributed by atoms with Crippen LogP contribution in [-0.4, -0.2) is 12.9 Å². The molecule has 6 heteroatoms. The molecule has 0 bridgehead atoms. The number of nitrogens with one attached hydrogen (secondary N) is 2. The van der Waals surface area contributed by atoms with Gasteiger partial charge in [0.2, 0.25) is 0 Å². The lowest BCUT2D eigenvalue weighted by molar-refractivity contribution is -0.126. The summed E-state index contributed by atoms with van der Waals surface area (Å²) in [7, 11) is 0. The van der Waals surface area contributed by atoms with Gasteiger partial charge in [0.15, 0.2) is 0 Å². The lowest BCUT2D eigenvalue weighted by Crippen LogP contribution is -2.02. The molecule has 0 fully saturated rings. The molecule has 0 saturated carbocycles. The maximum atomic E-state index is 9.95. The number of aryl methyl sites for hydroxylation is 1. The van der Waals surface area contributed by atoms with Crippen LogP contribution >= 0.6 is 0 Å². The zero-order valence-corrected chi connectivity index (χ0v) is 8.02. The van der Waals surface area contributed by atoms with E-state index in [0.717, 1.165) is 5.56 Å². The minimum atomic E-state index is 0.275. The predicted octanol–water partition coefficient (Wildman–Crippen LogP) is 0.995. The molecule has 0 amide bonds. The molecule has 1 aromatic carbocycles. The zero-order chi connectivity index (χ0) is 11.1. The summed E-state index contributed by atoms with van der Waals surface area (Å²) in [6, 6.07) is 5.13. The van der Waals surface area contributed by atoms with Gasteiger partial charge in [-0.15, -0.1) is 0 Å². The van der Waals surface area contributed by atoms with Crippen molar-refractivity contribution in [3.05, 3.63) is 23.8 Å². The fourth-order valence-electron chi connectivity index (χ4n) is 1.09. The van der Waals surface area contributed by atoms with Crippen LogP contribution in [0.5, 0.6) is 0 Å². The number of hydrogen-bond donors (Lipinski definition) is 2. The Balaban J connectivity index is 2.74. The molecular formula is C9H10N2O4. The molecule has 80 valence electrons. The van der Waals surface area contributed by atoms with Gasteiger partial charge in [0, 0.05) is 0 Å². The number of anilines is 2. The average molecular weight is 210 g/mol. The lowest BCUT2D eigenvalue weighted by Gasteiger charge is -2.08. The summed E-state index contributed by atoms with van der Waals surface area (Å²) in [4.78, 5) is 28.6. The van der Waals surface area contributed by atoms with Gasteiger partial charge in [-0.25, -0.2) is 11.0 Å². The standard InChI is InChI=1S/C9H10N2O4/c1-7-2-8(10-14-5-12)4-9(3-7)11-15-6-13/h2-6,10-11H,1H3. The van der Waals surface area contributed by atoms with Crippen LogP contribution in [0, 0.1) is 6.92 Å². The van der Waals surface area contributed by atoms with E-state index in [1.165, 1.54) is 0 Å². The molecule has 0 saturated heterocycles. The van der Waals surface area contributed by atoms with Crippen molar-refractivity contribution in [2.75, 3.05) is 11.0 Å². The number of rotatable bonds is 6. The normalized spacial score (nSPS) is 8.87. The van der Waals surface area contributed by atoms with Crippen molar-refractivity contribution in [2.24, 2.45) is 0 Å². The van der Waals surface area contributed by atoms with Crippen molar-refractivity contribution in [3.63, 3.8) is 0 Å². The highest BCUT2D eigenvalue weighted by molar-refractivity contribution is 5.59. The largest absolute Gasteiger partial charge is 0.347 e. The summed E-state index contributed by atoms with van der Waals surface area (Å²) in [6.45, 7) is 2.40. The zero-order valence-electron chi connectivity index (χ0n) is 8.02. The highest BCUT2D eigenvalue weighted by Crippen LogP contribution is 2.18. The third kappa shape index (κ3) is 3.55. The fraction of sp³-hybridized carbons (Fsp3) is 0.111. The van der Waals surface area contributed by atoms with Gasteiger partial charge in [-0.05, 0) is 30.7 Å². The third-order valence-electron chi connectivity index (χ3n) is 1.53. The first-order chi connectivity index (χ1) is 7.26. The Kier molecular flexibility index (Phi) is 3.96. The molecule has 0 aliphatic heterocycles. The molecule has 1 rings (SSSR count). The van der Waals surface area contributed by atoms with Gasteiger partial charge in [-0.3, -0.25) is 9.59 Å². The minimum Gasteiger partial charge on any atom is -0.347 e. The predicted molar refractivity (Wildman–Crippen MR) is 52.7 cm³/mol. The first-order valence-electron chi connectivity index (χ1n) is 4.08. The van der Waals surface area contributed by atoms with E-state index in [4.69, 9.17) is 0 Å². The van der Waals surface area contributed by atoms with Crippen molar-refractivity contribution in [3.8, 4) is 0 Å². The van der Waals surface area contributed by atoms with E-state index in [0.29, 0.717) is 11.4 Å². The second-order valence-electron chi connectivity index (χ2n) is 2.72. The molecule has 0 aromatic heterocycles. The van der Waals surface area contributed by atoms with Crippen LogP contribution in [0.3, 0.4) is 0 Å². The smallest absolute Gasteiger partial charge is 0.320 e. The maximum absolute atomic E-state index is 9.95. The van der Waals surface area contributed by atoms with Gasteiger partial charge in [0.1, 0.15) is 0 Å². The number of carbonyl (C=O) groups excluding carboxylic acids is 2. The van der Waals surface area contributed by atoms with Crippen LogP contribution in [0.25, 0.3) is 0 Å². The Bertz CT molecular complexity index is 324. The molecule has 1 aromatic rings. The Morgan fingerprint density at radius 3 is 1.87 bits per heavy atom. The van der Waals surface area contributed by atoms with Crippen molar-refractivity contribution in [1.82, 2.24) is 0 Å². The summed E-state index contributed by atoms with van der Waals surface area (Å²) < 4.78 is 0. The maximum Gasteiger partial charge on any atom is 0.320 e. The van der Waals surface area contributed by atoms with Gasteiger partial charge in [0.25, 0.3) is 0 Å². The van der Waals surface area contributed by atoms with E-state index < -0.39 is 0 Å². The van der Waals surface area contributed by atoms with E-state index in [-0.39, 0.29) is 12.9 Å². The molecule has 0 heterocycles. The molecular weight excluding hydrogens is 200 g/mol. The van der Waals surface area contributed by atoms with Crippen molar-refractivity contribution < 1.29 is 19.3 Å². The first kappa shape index (κ1) is 10.8.